The van der Waals surface area contributed by atoms with Gasteiger partial charge in [-0.25, -0.2) is 0 Å². The molecule has 0 amide bonds. The van der Waals surface area contributed by atoms with E-state index in [0.717, 1.165) is 24.3 Å². The summed E-state index contributed by atoms with van der Waals surface area (Å²) >= 11 is 0. The van der Waals surface area contributed by atoms with Gasteiger partial charge >= 0.3 is 0 Å². The van der Waals surface area contributed by atoms with E-state index in [1.165, 1.54) is 42.3 Å². The van der Waals surface area contributed by atoms with E-state index in [9.17, 15) is 0 Å². The topological polar surface area (TPSA) is 34.6 Å². The molecule has 1 aromatic heterocycles. The zero-order valence-electron chi connectivity index (χ0n) is 14.9. The van der Waals surface area contributed by atoms with Crippen molar-refractivity contribution in [2.75, 3.05) is 38.3 Å². The normalized spacial score (nSPS) is 15.7. The summed E-state index contributed by atoms with van der Waals surface area (Å²) in [7, 11) is 1.69. The van der Waals surface area contributed by atoms with Gasteiger partial charge in [-0.2, -0.15) is 0 Å². The van der Waals surface area contributed by atoms with Gasteiger partial charge in [0.15, 0.2) is 0 Å². The lowest BCUT2D eigenvalue weighted by molar-refractivity contribution is 0.0617. The van der Waals surface area contributed by atoms with Crippen LogP contribution in [0, 0.1) is 6.92 Å². The Hall–Kier alpha value is -1.65. The molecule has 3 rings (SSSR count). The minimum atomic E-state index is 0.605. The molecule has 0 aliphatic carbocycles. The monoisotopic (exact) mass is 328 g/mol. The third kappa shape index (κ3) is 4.25. The van der Waals surface area contributed by atoms with E-state index in [2.05, 4.69) is 36.1 Å². The molecule has 1 fully saturated rings. The lowest BCUT2D eigenvalue weighted by atomic mass is 10.1. The molecule has 130 valence electrons. The van der Waals surface area contributed by atoms with Gasteiger partial charge < -0.3 is 14.4 Å². The van der Waals surface area contributed by atoms with Crippen molar-refractivity contribution in [1.82, 2.24) is 4.98 Å². The molecule has 0 radical (unpaired) electrons. The summed E-state index contributed by atoms with van der Waals surface area (Å²) in [6, 6.07) is 8.77. The second kappa shape index (κ2) is 8.45. The van der Waals surface area contributed by atoms with Crippen molar-refractivity contribution in [3.63, 3.8) is 0 Å². The number of fused-ring (bicyclic) bond motifs is 1. The largest absolute Gasteiger partial charge is 0.382 e. The summed E-state index contributed by atoms with van der Waals surface area (Å²) in [4.78, 5) is 7.29. The molecule has 1 aliphatic rings. The molecule has 4 nitrogen and oxygen atoms in total. The maximum Gasteiger partial charge on any atom is 0.0729 e. The van der Waals surface area contributed by atoms with Crippen molar-refractivity contribution >= 4 is 16.6 Å². The van der Waals surface area contributed by atoms with Crippen molar-refractivity contribution in [2.45, 2.75) is 39.2 Å². The number of nitrogens with zero attached hydrogens (tertiary/aromatic N) is 2. The number of methoxy groups -OCH3 is 1. The predicted molar refractivity (Wildman–Crippen MR) is 98.7 cm³/mol. The van der Waals surface area contributed by atoms with Crippen LogP contribution in [0.15, 0.2) is 24.3 Å². The first-order valence-corrected chi connectivity index (χ1v) is 9.00. The Kier molecular flexibility index (Phi) is 6.05. The summed E-state index contributed by atoms with van der Waals surface area (Å²) in [5.74, 6) is 0. The van der Waals surface area contributed by atoms with Crippen molar-refractivity contribution in [3.8, 4) is 0 Å². The van der Waals surface area contributed by atoms with Crippen molar-refractivity contribution in [3.05, 3.63) is 35.5 Å². The average molecular weight is 328 g/mol. The summed E-state index contributed by atoms with van der Waals surface area (Å²) < 4.78 is 10.7. The number of pyridine rings is 1. The molecule has 24 heavy (non-hydrogen) atoms. The number of benzene rings is 1. The zero-order valence-corrected chi connectivity index (χ0v) is 14.9. The molecule has 0 unspecified atom stereocenters. The molecule has 4 heteroatoms. The van der Waals surface area contributed by atoms with Crippen molar-refractivity contribution in [1.29, 1.82) is 0 Å². The highest BCUT2D eigenvalue weighted by atomic mass is 16.5. The van der Waals surface area contributed by atoms with Crippen LogP contribution in [0.3, 0.4) is 0 Å². The van der Waals surface area contributed by atoms with Gasteiger partial charge in [0.2, 0.25) is 0 Å². The van der Waals surface area contributed by atoms with Gasteiger partial charge in [-0.05, 0) is 37.5 Å². The SMILES string of the molecule is COCCOCc1ccc2c(N3CCCCCC3)cc(C)nc2c1. The van der Waals surface area contributed by atoms with Crippen molar-refractivity contribution in [2.24, 2.45) is 0 Å². The van der Waals surface area contributed by atoms with E-state index >= 15 is 0 Å². The van der Waals surface area contributed by atoms with Gasteiger partial charge in [0.05, 0.1) is 25.3 Å². The molecular weight excluding hydrogens is 300 g/mol. The van der Waals surface area contributed by atoms with E-state index in [-0.39, 0.29) is 0 Å². The summed E-state index contributed by atoms with van der Waals surface area (Å²) in [5, 5.41) is 1.25. The Bertz CT molecular complexity index is 664. The maximum absolute atomic E-state index is 5.64. The molecule has 1 saturated heterocycles. The second-order valence-corrected chi connectivity index (χ2v) is 6.58. The molecule has 0 N–H and O–H groups in total. The van der Waals surface area contributed by atoms with Gasteiger partial charge in [0.25, 0.3) is 0 Å². The summed E-state index contributed by atoms with van der Waals surface area (Å²) in [6.07, 6.45) is 5.27. The van der Waals surface area contributed by atoms with Crippen LogP contribution < -0.4 is 4.90 Å². The molecule has 0 spiro atoms. The van der Waals surface area contributed by atoms with Gasteiger partial charge in [-0.15, -0.1) is 0 Å². The first-order chi connectivity index (χ1) is 11.8. The first kappa shape index (κ1) is 17.2. The molecule has 0 bridgehead atoms. The number of aromatic nitrogens is 1. The lowest BCUT2D eigenvalue weighted by Gasteiger charge is -2.24. The summed E-state index contributed by atoms with van der Waals surface area (Å²) in [6.45, 7) is 6.25. The molecule has 1 aliphatic heterocycles. The molecule has 2 heterocycles. The van der Waals surface area contributed by atoms with Crippen molar-refractivity contribution < 1.29 is 9.47 Å². The number of rotatable bonds is 6. The highest BCUT2D eigenvalue weighted by molar-refractivity contribution is 5.92. The Labute approximate surface area is 144 Å². The fraction of sp³-hybridized carbons (Fsp3) is 0.550. The van der Waals surface area contributed by atoms with E-state index in [4.69, 9.17) is 14.5 Å². The molecule has 1 aromatic carbocycles. The number of aryl methyl sites for hydroxylation is 1. The smallest absolute Gasteiger partial charge is 0.0729 e. The highest BCUT2D eigenvalue weighted by Crippen LogP contribution is 2.29. The highest BCUT2D eigenvalue weighted by Gasteiger charge is 2.14. The Morgan fingerprint density at radius 2 is 1.83 bits per heavy atom. The second-order valence-electron chi connectivity index (χ2n) is 6.58. The molecular formula is C20H28N2O2. The lowest BCUT2D eigenvalue weighted by Crippen LogP contribution is -2.24. The van der Waals surface area contributed by atoms with Gasteiger partial charge in [-0.1, -0.05) is 25.0 Å². The number of ether oxygens (including phenoxy) is 2. The number of anilines is 1. The van der Waals surface area contributed by atoms with Gasteiger partial charge in [-0.3, -0.25) is 4.98 Å². The van der Waals surface area contributed by atoms with Gasteiger partial charge in [0, 0.05) is 37.0 Å². The minimum absolute atomic E-state index is 0.605. The van der Waals surface area contributed by atoms with Crippen LogP contribution in [0.1, 0.15) is 36.9 Å². The number of hydrogen-bond donors (Lipinski definition) is 0. The number of hydrogen-bond acceptors (Lipinski definition) is 4. The standard InChI is InChI=1S/C20H28N2O2/c1-16-13-20(22-9-5-3-4-6-10-22)18-8-7-17(14-19(18)21-16)15-24-12-11-23-2/h7-8,13-14H,3-6,9-12,15H2,1-2H3. The molecule has 0 saturated carbocycles. The van der Waals surface area contributed by atoms with Crippen LogP contribution in [-0.4, -0.2) is 38.4 Å². The Morgan fingerprint density at radius 1 is 1.04 bits per heavy atom. The van der Waals surface area contributed by atoms with Crippen LogP contribution in [0.2, 0.25) is 0 Å². The third-order valence-electron chi connectivity index (χ3n) is 4.63. The van der Waals surface area contributed by atoms with E-state index in [1.54, 1.807) is 7.11 Å². The molecule has 2 aromatic rings. The Morgan fingerprint density at radius 3 is 2.58 bits per heavy atom. The van der Waals surface area contributed by atoms with Gasteiger partial charge in [0.1, 0.15) is 0 Å². The van der Waals surface area contributed by atoms with Crippen LogP contribution in [0.4, 0.5) is 5.69 Å². The van der Waals surface area contributed by atoms with E-state index in [1.807, 2.05) is 0 Å². The predicted octanol–water partition coefficient (Wildman–Crippen LogP) is 4.09. The average Bonchev–Trinajstić information content (AvgIpc) is 2.87. The quantitative estimate of drug-likeness (QED) is 0.748. The third-order valence-corrected chi connectivity index (χ3v) is 4.63. The first-order valence-electron chi connectivity index (χ1n) is 9.00. The van der Waals surface area contributed by atoms with Crippen LogP contribution in [0.25, 0.3) is 10.9 Å². The fourth-order valence-electron chi connectivity index (χ4n) is 3.38. The van der Waals surface area contributed by atoms with E-state index < -0.39 is 0 Å². The van der Waals surface area contributed by atoms with Crippen LogP contribution in [-0.2, 0) is 16.1 Å². The Balaban J connectivity index is 1.84. The fourth-order valence-corrected chi connectivity index (χ4v) is 3.38. The zero-order chi connectivity index (χ0) is 16.8. The van der Waals surface area contributed by atoms with E-state index in [0.29, 0.717) is 19.8 Å². The summed E-state index contributed by atoms with van der Waals surface area (Å²) in [5.41, 5.74) is 4.66. The molecule has 0 atom stereocenters. The minimum Gasteiger partial charge on any atom is -0.382 e. The maximum atomic E-state index is 5.64. The van der Waals surface area contributed by atoms with Crippen LogP contribution >= 0.6 is 0 Å². The van der Waals surface area contributed by atoms with Crippen LogP contribution in [0.5, 0.6) is 0 Å².